The summed E-state index contributed by atoms with van der Waals surface area (Å²) in [6.07, 6.45) is 0.788. The van der Waals surface area contributed by atoms with Gasteiger partial charge in [-0.2, -0.15) is 0 Å². The van der Waals surface area contributed by atoms with Gasteiger partial charge in [0.15, 0.2) is 0 Å². The maximum absolute atomic E-state index is 10.5. The van der Waals surface area contributed by atoms with Gasteiger partial charge >= 0.3 is 5.82 Å². The quantitative estimate of drug-likeness (QED) is 0.585. The molecule has 0 aromatic carbocycles. The van der Waals surface area contributed by atoms with E-state index >= 15 is 0 Å². The van der Waals surface area contributed by atoms with Crippen LogP contribution in [-0.4, -0.2) is 19.9 Å². The molecule has 0 saturated heterocycles. The minimum absolute atomic E-state index is 0.0862. The Morgan fingerprint density at radius 3 is 2.92 bits per heavy atom. The summed E-state index contributed by atoms with van der Waals surface area (Å²) in [5.41, 5.74) is 0. The minimum atomic E-state index is -0.500. The Morgan fingerprint density at radius 1 is 1.75 bits per heavy atom. The van der Waals surface area contributed by atoms with Crippen molar-refractivity contribution >= 4 is 21.7 Å². The van der Waals surface area contributed by atoms with Crippen LogP contribution in [0, 0.1) is 10.1 Å². The van der Waals surface area contributed by atoms with Crippen molar-refractivity contribution in [2.24, 2.45) is 0 Å². The van der Waals surface area contributed by atoms with E-state index in [-0.39, 0.29) is 10.4 Å². The van der Waals surface area contributed by atoms with Gasteiger partial charge in [0, 0.05) is 5.21 Å². The van der Waals surface area contributed by atoms with E-state index in [1.807, 2.05) is 6.92 Å². The summed E-state index contributed by atoms with van der Waals surface area (Å²) in [5.74, 6) is -0.0862. The maximum atomic E-state index is 10.5. The predicted molar refractivity (Wildman–Crippen MR) is 44.7 cm³/mol. The zero-order valence-electron chi connectivity index (χ0n) is 6.40. The summed E-state index contributed by atoms with van der Waals surface area (Å²) in [7, 11) is 0. The van der Waals surface area contributed by atoms with Gasteiger partial charge in [0.2, 0.25) is 4.60 Å². The van der Waals surface area contributed by atoms with Crippen molar-refractivity contribution in [3.8, 4) is 0 Å². The second-order valence-electron chi connectivity index (χ2n) is 2.18. The van der Waals surface area contributed by atoms with Gasteiger partial charge < -0.3 is 10.1 Å². The zero-order chi connectivity index (χ0) is 9.14. The molecule has 6 nitrogen and oxygen atoms in total. The van der Waals surface area contributed by atoms with Gasteiger partial charge in [-0.25, -0.2) is 0 Å². The number of hydrogen-bond acceptors (Lipinski definition) is 4. The van der Waals surface area contributed by atoms with Gasteiger partial charge in [-0.3, -0.25) is 0 Å². The summed E-state index contributed by atoms with van der Waals surface area (Å²) in [5, 5.41) is 17.6. The summed E-state index contributed by atoms with van der Waals surface area (Å²) < 4.78 is 1.45. The number of nitro groups is 1. The van der Waals surface area contributed by atoms with E-state index in [1.54, 1.807) is 0 Å². The molecule has 0 amide bonds. The van der Waals surface area contributed by atoms with Crippen LogP contribution in [0.2, 0.25) is 0 Å². The molecule has 1 aromatic heterocycles. The molecule has 0 spiro atoms. The molecule has 0 N–H and O–H groups in total. The van der Waals surface area contributed by atoms with E-state index in [0.717, 1.165) is 6.42 Å². The molecule has 12 heavy (non-hydrogen) atoms. The Kier molecular flexibility index (Phi) is 2.74. The normalized spacial score (nSPS) is 10.2. The second kappa shape index (κ2) is 3.61. The van der Waals surface area contributed by atoms with Crippen LogP contribution in [0.25, 0.3) is 0 Å². The third-order valence-corrected chi connectivity index (χ3v) is 1.79. The van der Waals surface area contributed by atoms with Crippen LogP contribution in [0.3, 0.4) is 0 Å². The third-order valence-electron chi connectivity index (χ3n) is 1.28. The summed E-state index contributed by atoms with van der Waals surface area (Å²) in [6, 6.07) is 0. The molecule has 0 bridgehead atoms. The molecule has 1 heterocycles. The summed E-state index contributed by atoms with van der Waals surface area (Å²) in [6.45, 7) is 2.42. The fourth-order valence-corrected chi connectivity index (χ4v) is 1.24. The highest BCUT2D eigenvalue weighted by Gasteiger charge is 2.20. The summed E-state index contributed by atoms with van der Waals surface area (Å²) >= 11 is 2.95. The highest BCUT2D eigenvalue weighted by Crippen LogP contribution is 2.20. The molecule has 1 rings (SSSR count). The highest BCUT2D eigenvalue weighted by atomic mass is 79.9. The van der Waals surface area contributed by atoms with Gasteiger partial charge in [-0.1, -0.05) is 12.0 Å². The van der Waals surface area contributed by atoms with Crippen LogP contribution in [-0.2, 0) is 6.54 Å². The van der Waals surface area contributed by atoms with Gasteiger partial charge in [0.25, 0.3) is 0 Å². The topological polar surface area (TPSA) is 73.8 Å². The second-order valence-corrected chi connectivity index (χ2v) is 2.94. The fourth-order valence-electron chi connectivity index (χ4n) is 0.819. The number of rotatable bonds is 3. The van der Waals surface area contributed by atoms with Crippen LogP contribution in [0.5, 0.6) is 0 Å². The average molecular weight is 235 g/mol. The SMILES string of the molecule is CCCn1nnc(Br)c1[N+](=O)[O-]. The van der Waals surface area contributed by atoms with Crippen molar-refractivity contribution in [3.63, 3.8) is 0 Å². The Labute approximate surface area is 76.8 Å². The van der Waals surface area contributed by atoms with Crippen molar-refractivity contribution in [2.45, 2.75) is 19.9 Å². The van der Waals surface area contributed by atoms with Crippen LogP contribution in [0.15, 0.2) is 4.60 Å². The monoisotopic (exact) mass is 234 g/mol. The Bertz CT molecular complexity index is 298. The standard InChI is InChI=1S/C5H7BrN4O2/c1-2-3-9-5(10(11)12)4(6)7-8-9/h2-3H2,1H3. The highest BCUT2D eigenvalue weighted by molar-refractivity contribution is 9.10. The summed E-state index contributed by atoms with van der Waals surface area (Å²) in [4.78, 5) is 9.95. The molecule has 0 atom stereocenters. The molecule has 0 aliphatic heterocycles. The molecular formula is C5H7BrN4O2. The molecule has 0 radical (unpaired) electrons. The van der Waals surface area contributed by atoms with Gasteiger partial charge in [0.05, 0.1) is 0 Å². The van der Waals surface area contributed by atoms with E-state index in [1.165, 1.54) is 4.68 Å². The first kappa shape index (κ1) is 9.11. The lowest BCUT2D eigenvalue weighted by Crippen LogP contribution is -2.04. The van der Waals surface area contributed by atoms with Crippen molar-refractivity contribution in [2.75, 3.05) is 0 Å². The lowest BCUT2D eigenvalue weighted by Gasteiger charge is -1.94. The largest absolute Gasteiger partial charge is 0.379 e. The van der Waals surface area contributed by atoms with Crippen LogP contribution in [0.1, 0.15) is 13.3 Å². The van der Waals surface area contributed by atoms with Crippen molar-refractivity contribution in [1.29, 1.82) is 0 Å². The fraction of sp³-hybridized carbons (Fsp3) is 0.600. The lowest BCUT2D eigenvalue weighted by atomic mass is 10.5. The van der Waals surface area contributed by atoms with E-state index in [4.69, 9.17) is 0 Å². The third kappa shape index (κ3) is 1.60. The Balaban J connectivity index is 3.04. The van der Waals surface area contributed by atoms with Crippen LogP contribution >= 0.6 is 15.9 Å². The molecule has 1 aromatic rings. The van der Waals surface area contributed by atoms with E-state index in [9.17, 15) is 10.1 Å². The first-order valence-corrected chi connectivity index (χ1v) is 4.19. The van der Waals surface area contributed by atoms with Crippen molar-refractivity contribution in [1.82, 2.24) is 15.0 Å². The first-order chi connectivity index (χ1) is 5.66. The van der Waals surface area contributed by atoms with Gasteiger partial charge in [0.1, 0.15) is 6.54 Å². The molecule has 7 heteroatoms. The number of halogens is 1. The molecular weight excluding hydrogens is 228 g/mol. The molecule has 0 aliphatic rings. The van der Waals surface area contributed by atoms with E-state index < -0.39 is 4.92 Å². The van der Waals surface area contributed by atoms with Gasteiger partial charge in [-0.15, -0.1) is 4.68 Å². The maximum Gasteiger partial charge on any atom is 0.379 e. The number of aromatic nitrogens is 3. The zero-order valence-corrected chi connectivity index (χ0v) is 7.98. The van der Waals surface area contributed by atoms with Crippen molar-refractivity contribution in [3.05, 3.63) is 14.7 Å². The Morgan fingerprint density at radius 2 is 2.42 bits per heavy atom. The average Bonchev–Trinajstić information content (AvgIpc) is 2.32. The van der Waals surface area contributed by atoms with E-state index in [0.29, 0.717) is 6.54 Å². The lowest BCUT2D eigenvalue weighted by molar-refractivity contribution is -0.393. The minimum Gasteiger partial charge on any atom is -0.358 e. The van der Waals surface area contributed by atoms with Crippen LogP contribution in [0.4, 0.5) is 5.82 Å². The number of aryl methyl sites for hydroxylation is 1. The van der Waals surface area contributed by atoms with Crippen LogP contribution < -0.4 is 0 Å². The predicted octanol–water partition coefficient (Wildman–Crippen LogP) is 1.36. The van der Waals surface area contributed by atoms with E-state index in [2.05, 4.69) is 26.2 Å². The van der Waals surface area contributed by atoms with Crippen molar-refractivity contribution < 1.29 is 4.92 Å². The molecule has 0 fully saturated rings. The molecule has 0 aliphatic carbocycles. The number of hydrogen-bond donors (Lipinski definition) is 0. The molecule has 0 saturated carbocycles. The smallest absolute Gasteiger partial charge is 0.358 e. The number of nitrogens with zero attached hydrogens (tertiary/aromatic N) is 4. The molecule has 66 valence electrons. The van der Waals surface area contributed by atoms with Gasteiger partial charge in [-0.05, 0) is 27.3 Å². The first-order valence-electron chi connectivity index (χ1n) is 3.40. The molecule has 0 unspecified atom stereocenters. The Hall–Kier alpha value is -0.980.